The van der Waals surface area contributed by atoms with Crippen LogP contribution in [-0.4, -0.2) is 105 Å². The Morgan fingerprint density at radius 1 is 1.00 bits per heavy atom. The van der Waals surface area contributed by atoms with E-state index in [-0.39, 0.29) is 0 Å². The van der Waals surface area contributed by atoms with Crippen LogP contribution in [0, 0.1) is 11.8 Å². The highest BCUT2D eigenvalue weighted by Crippen LogP contribution is 2.36. The minimum Gasteiger partial charge on any atom is -0.379 e. The van der Waals surface area contributed by atoms with Crippen molar-refractivity contribution in [1.82, 2.24) is 25.3 Å². The fourth-order valence-electron chi connectivity index (χ4n) is 5.39. The van der Waals surface area contributed by atoms with Gasteiger partial charge >= 0.3 is 0 Å². The molecule has 4 unspecified atom stereocenters. The van der Waals surface area contributed by atoms with E-state index in [0.717, 1.165) is 62.9 Å². The molecule has 0 aromatic carbocycles. The summed E-state index contributed by atoms with van der Waals surface area (Å²) in [4.78, 5) is 7.86. The molecule has 0 spiro atoms. The fourth-order valence-corrected chi connectivity index (χ4v) is 5.58. The third kappa shape index (κ3) is 5.54. The van der Waals surface area contributed by atoms with Crippen LogP contribution in [0.25, 0.3) is 0 Å². The first-order valence-corrected chi connectivity index (χ1v) is 11.5. The molecule has 0 amide bonds. The molecule has 27 heavy (non-hydrogen) atoms. The van der Waals surface area contributed by atoms with E-state index in [2.05, 4.69) is 25.3 Å². The van der Waals surface area contributed by atoms with Gasteiger partial charge in [0.15, 0.2) is 5.11 Å². The zero-order valence-electron chi connectivity index (χ0n) is 16.7. The Morgan fingerprint density at radius 3 is 2.56 bits per heavy atom. The molecule has 5 heterocycles. The lowest BCUT2D eigenvalue weighted by Gasteiger charge is -2.50. The van der Waals surface area contributed by atoms with Crippen LogP contribution in [0.3, 0.4) is 0 Å². The Morgan fingerprint density at radius 2 is 1.81 bits per heavy atom. The first kappa shape index (κ1) is 19.8. The molecule has 0 radical (unpaired) electrons. The topological polar surface area (TPSA) is 43.0 Å². The van der Waals surface area contributed by atoms with Gasteiger partial charge in [-0.05, 0) is 69.4 Å². The number of piperidine rings is 3. The molecule has 2 bridgehead atoms. The summed E-state index contributed by atoms with van der Waals surface area (Å²) in [6, 6.07) is 0.664. The van der Waals surface area contributed by atoms with Crippen molar-refractivity contribution >= 4 is 17.3 Å². The second kappa shape index (κ2) is 9.83. The molecule has 5 rings (SSSR count). The summed E-state index contributed by atoms with van der Waals surface area (Å²) in [7, 11) is 0. The van der Waals surface area contributed by atoms with E-state index in [4.69, 9.17) is 17.0 Å². The molecule has 6 nitrogen and oxygen atoms in total. The molecule has 0 aromatic heterocycles. The van der Waals surface area contributed by atoms with Crippen molar-refractivity contribution in [3.8, 4) is 0 Å². The van der Waals surface area contributed by atoms with Gasteiger partial charge in [-0.2, -0.15) is 0 Å². The van der Waals surface area contributed by atoms with Gasteiger partial charge in [-0.15, -0.1) is 0 Å². The van der Waals surface area contributed by atoms with Gasteiger partial charge in [0.2, 0.25) is 0 Å². The average Bonchev–Trinajstić information content (AvgIpc) is 3.21. The summed E-state index contributed by atoms with van der Waals surface area (Å²) in [5.74, 6) is 1.82. The number of fused-ring (bicyclic) bond motifs is 3. The lowest BCUT2D eigenvalue weighted by atomic mass is 9.75. The predicted molar refractivity (Wildman–Crippen MR) is 113 cm³/mol. The second-order valence-corrected chi connectivity index (χ2v) is 9.20. The third-order valence-electron chi connectivity index (χ3n) is 7.02. The van der Waals surface area contributed by atoms with Crippen LogP contribution in [-0.2, 0) is 4.74 Å². The van der Waals surface area contributed by atoms with E-state index in [1.165, 1.54) is 58.4 Å². The second-order valence-electron chi connectivity index (χ2n) is 8.79. The predicted octanol–water partition coefficient (Wildman–Crippen LogP) is 0.589. The fraction of sp³-hybridized carbons (Fsp3) is 0.950. The average molecular weight is 396 g/mol. The SMILES string of the molecule is S=C(NCCN1CCOCC1)NCC1CC2CCN1CC2CN1CCCC1. The minimum absolute atomic E-state index is 0.664. The molecule has 5 aliphatic rings. The van der Waals surface area contributed by atoms with E-state index in [0.29, 0.717) is 6.04 Å². The van der Waals surface area contributed by atoms with Gasteiger partial charge in [0.25, 0.3) is 0 Å². The van der Waals surface area contributed by atoms with Crippen molar-refractivity contribution in [1.29, 1.82) is 0 Å². The maximum atomic E-state index is 5.50. The first-order chi connectivity index (χ1) is 13.3. The van der Waals surface area contributed by atoms with Crippen LogP contribution in [0.15, 0.2) is 0 Å². The summed E-state index contributed by atoms with van der Waals surface area (Å²) in [6.07, 6.45) is 5.56. The van der Waals surface area contributed by atoms with Crippen LogP contribution in [0.1, 0.15) is 25.7 Å². The number of nitrogens with one attached hydrogen (secondary N) is 2. The number of morpholine rings is 1. The maximum Gasteiger partial charge on any atom is 0.166 e. The van der Waals surface area contributed by atoms with Gasteiger partial charge in [0, 0.05) is 51.9 Å². The molecule has 2 N–H and O–H groups in total. The largest absolute Gasteiger partial charge is 0.379 e. The summed E-state index contributed by atoms with van der Waals surface area (Å²) in [5, 5.41) is 7.69. The van der Waals surface area contributed by atoms with Gasteiger partial charge in [-0.3, -0.25) is 9.80 Å². The normalized spacial score (nSPS) is 34.7. The van der Waals surface area contributed by atoms with Gasteiger partial charge < -0.3 is 20.3 Å². The van der Waals surface area contributed by atoms with Crippen molar-refractivity contribution in [2.24, 2.45) is 11.8 Å². The van der Waals surface area contributed by atoms with Crippen molar-refractivity contribution in [2.75, 3.05) is 78.7 Å². The number of ether oxygens (including phenoxy) is 1. The summed E-state index contributed by atoms with van der Waals surface area (Å²) in [6.45, 7) is 13.3. The molecule has 5 fully saturated rings. The number of rotatable bonds is 7. The number of nitrogens with zero attached hydrogens (tertiary/aromatic N) is 3. The Bertz CT molecular complexity index is 481. The highest BCUT2D eigenvalue weighted by molar-refractivity contribution is 7.80. The highest BCUT2D eigenvalue weighted by atomic mass is 32.1. The minimum atomic E-state index is 0.664. The maximum absolute atomic E-state index is 5.50. The lowest BCUT2D eigenvalue weighted by Crippen LogP contribution is -2.58. The van der Waals surface area contributed by atoms with Crippen LogP contribution in [0.4, 0.5) is 0 Å². The van der Waals surface area contributed by atoms with Gasteiger partial charge in [-0.25, -0.2) is 0 Å². The van der Waals surface area contributed by atoms with Gasteiger partial charge in [0.1, 0.15) is 0 Å². The van der Waals surface area contributed by atoms with Crippen LogP contribution in [0.5, 0.6) is 0 Å². The Kier molecular flexibility index (Phi) is 7.22. The first-order valence-electron chi connectivity index (χ1n) is 11.1. The molecule has 0 aliphatic carbocycles. The van der Waals surface area contributed by atoms with E-state index < -0.39 is 0 Å². The van der Waals surface area contributed by atoms with E-state index >= 15 is 0 Å². The van der Waals surface area contributed by atoms with Crippen LogP contribution in [0.2, 0.25) is 0 Å². The number of thiocarbonyl (C=S) groups is 1. The molecule has 4 atom stereocenters. The van der Waals surface area contributed by atoms with Crippen molar-refractivity contribution in [3.05, 3.63) is 0 Å². The smallest absolute Gasteiger partial charge is 0.166 e. The van der Waals surface area contributed by atoms with Gasteiger partial charge in [0.05, 0.1) is 13.2 Å². The Hall–Kier alpha value is -0.470. The molecular weight excluding hydrogens is 358 g/mol. The van der Waals surface area contributed by atoms with E-state index in [9.17, 15) is 0 Å². The number of likely N-dealkylation sites (tertiary alicyclic amines) is 1. The van der Waals surface area contributed by atoms with Crippen LogP contribution < -0.4 is 10.6 Å². The van der Waals surface area contributed by atoms with Gasteiger partial charge in [-0.1, -0.05) is 0 Å². The Labute approximate surface area is 170 Å². The third-order valence-corrected chi connectivity index (χ3v) is 7.31. The molecule has 0 saturated carbocycles. The van der Waals surface area contributed by atoms with Crippen molar-refractivity contribution in [3.63, 3.8) is 0 Å². The van der Waals surface area contributed by atoms with Crippen molar-refractivity contribution < 1.29 is 4.74 Å². The standard InChI is InChI=1S/C20H37N5OS/c27-20(21-4-8-23-9-11-26-12-10-23)22-14-19-13-17-3-7-25(19)16-18(17)15-24-5-1-2-6-24/h17-19H,1-16H2,(H2,21,22,27). The Balaban J connectivity index is 1.12. The highest BCUT2D eigenvalue weighted by Gasteiger charge is 2.40. The number of hydrogen-bond acceptors (Lipinski definition) is 5. The van der Waals surface area contributed by atoms with E-state index in [1.807, 2.05) is 0 Å². The molecule has 5 aliphatic heterocycles. The zero-order chi connectivity index (χ0) is 18.5. The zero-order valence-corrected chi connectivity index (χ0v) is 17.5. The molecule has 5 saturated heterocycles. The quantitative estimate of drug-likeness (QED) is 0.612. The summed E-state index contributed by atoms with van der Waals surface area (Å²) in [5.41, 5.74) is 0. The van der Waals surface area contributed by atoms with E-state index in [1.54, 1.807) is 0 Å². The molecular formula is C20H37N5OS. The molecule has 154 valence electrons. The van der Waals surface area contributed by atoms with Crippen LogP contribution >= 0.6 is 12.2 Å². The number of hydrogen-bond donors (Lipinski definition) is 2. The molecule has 0 aromatic rings. The molecule has 7 heteroatoms. The van der Waals surface area contributed by atoms with Crippen molar-refractivity contribution in [2.45, 2.75) is 31.7 Å². The summed E-state index contributed by atoms with van der Waals surface area (Å²) < 4.78 is 5.39. The summed E-state index contributed by atoms with van der Waals surface area (Å²) >= 11 is 5.50. The monoisotopic (exact) mass is 395 g/mol. The lowest BCUT2D eigenvalue weighted by molar-refractivity contribution is -0.00799.